The van der Waals surface area contributed by atoms with E-state index in [1.54, 1.807) is 6.08 Å². The second-order valence-corrected chi connectivity index (χ2v) is 13.4. The molecule has 0 spiro atoms. The predicted octanol–water partition coefficient (Wildman–Crippen LogP) is 12.0. The molecular weight excluding hydrogens is 600 g/mol. The maximum Gasteiger partial charge on any atom is 0.193 e. The summed E-state index contributed by atoms with van der Waals surface area (Å²) in [6.45, 7) is 23.1. The molecule has 6 heteroatoms. The number of ether oxygens (including phenoxy) is 5. The van der Waals surface area contributed by atoms with Crippen LogP contribution in [0.25, 0.3) is 6.08 Å². The lowest BCUT2D eigenvalue weighted by Crippen LogP contribution is -2.21. The van der Waals surface area contributed by atoms with Crippen LogP contribution >= 0.6 is 0 Å². The van der Waals surface area contributed by atoms with Gasteiger partial charge in [-0.3, -0.25) is 4.79 Å². The van der Waals surface area contributed by atoms with Crippen molar-refractivity contribution in [1.82, 2.24) is 0 Å². The van der Waals surface area contributed by atoms with Gasteiger partial charge in [-0.1, -0.05) is 79.7 Å². The number of carbonyl (C=O) groups is 1. The number of aryl methyl sites for hydroxylation is 1. The van der Waals surface area contributed by atoms with Crippen molar-refractivity contribution in [2.45, 2.75) is 177 Å². The molecule has 270 valence electrons. The molecule has 0 bridgehead atoms. The molecule has 6 nitrogen and oxygen atoms in total. The number of hydrogen-bond donors (Lipinski definition) is 0. The van der Waals surface area contributed by atoms with E-state index < -0.39 is 0 Å². The first-order valence-corrected chi connectivity index (χ1v) is 18.9. The molecule has 5 unspecified atom stereocenters. The molecule has 0 radical (unpaired) electrons. The van der Waals surface area contributed by atoms with E-state index in [-0.39, 0.29) is 36.3 Å². The van der Waals surface area contributed by atoms with Gasteiger partial charge in [0.1, 0.15) is 11.3 Å². The average molecular weight is 667 g/mol. The summed E-state index contributed by atoms with van der Waals surface area (Å²) in [5, 5.41) is 0. The number of ketones is 1. The second-order valence-electron chi connectivity index (χ2n) is 13.4. The lowest BCUT2D eigenvalue weighted by atomic mass is 10.0. The van der Waals surface area contributed by atoms with Crippen molar-refractivity contribution in [1.29, 1.82) is 0 Å². The van der Waals surface area contributed by atoms with Crippen LogP contribution < -0.4 is 23.7 Å². The third kappa shape index (κ3) is 13.0. The van der Waals surface area contributed by atoms with Crippen molar-refractivity contribution in [3.8, 4) is 28.7 Å². The third-order valence-corrected chi connectivity index (χ3v) is 8.41. The van der Waals surface area contributed by atoms with Crippen LogP contribution in [0, 0.1) is 0 Å². The molecule has 0 fully saturated rings. The van der Waals surface area contributed by atoms with Crippen LogP contribution in [0.5, 0.6) is 28.7 Å². The Morgan fingerprint density at radius 1 is 0.562 bits per heavy atom. The van der Waals surface area contributed by atoms with Crippen LogP contribution in [-0.2, 0) is 6.42 Å². The highest BCUT2D eigenvalue weighted by atomic mass is 16.5. The lowest BCUT2D eigenvalue weighted by Gasteiger charge is -2.27. The SMILES string of the molecule is CCCC(C)Oc1ccc(CC)cc1C=CC(=O)c1c(OC(C)CCC)c(OC(C)CCC)cc(OC(C)CCC)c1OC(C)CCC. The monoisotopic (exact) mass is 666 g/mol. The van der Waals surface area contributed by atoms with Crippen molar-refractivity contribution >= 4 is 11.9 Å². The number of allylic oxidation sites excluding steroid dienone is 1. The number of rotatable bonds is 24. The van der Waals surface area contributed by atoms with E-state index in [9.17, 15) is 4.79 Å². The largest absolute Gasteiger partial charge is 0.490 e. The molecular formula is C42H66O6. The van der Waals surface area contributed by atoms with Gasteiger partial charge in [-0.15, -0.1) is 0 Å². The number of benzene rings is 2. The fourth-order valence-corrected chi connectivity index (χ4v) is 5.92. The van der Waals surface area contributed by atoms with E-state index in [4.69, 9.17) is 23.7 Å². The van der Waals surface area contributed by atoms with Gasteiger partial charge >= 0.3 is 0 Å². The van der Waals surface area contributed by atoms with Crippen molar-refractivity contribution in [3.63, 3.8) is 0 Å². The zero-order valence-corrected chi connectivity index (χ0v) is 32.1. The quantitative estimate of drug-likeness (QED) is 0.0820. The van der Waals surface area contributed by atoms with E-state index in [1.807, 2.05) is 32.1 Å². The van der Waals surface area contributed by atoms with Crippen LogP contribution in [0.3, 0.4) is 0 Å². The third-order valence-electron chi connectivity index (χ3n) is 8.41. The van der Waals surface area contributed by atoms with Gasteiger partial charge in [-0.25, -0.2) is 0 Å². The van der Waals surface area contributed by atoms with E-state index >= 15 is 0 Å². The first-order valence-electron chi connectivity index (χ1n) is 18.9. The Morgan fingerprint density at radius 2 is 0.958 bits per heavy atom. The lowest BCUT2D eigenvalue weighted by molar-refractivity contribution is 0.102. The van der Waals surface area contributed by atoms with Crippen LogP contribution in [0.4, 0.5) is 0 Å². The molecule has 0 amide bonds. The van der Waals surface area contributed by atoms with Crippen LogP contribution in [-0.4, -0.2) is 36.3 Å². The highest BCUT2D eigenvalue weighted by molar-refractivity contribution is 6.12. The maximum atomic E-state index is 14.7. The molecule has 0 aliphatic rings. The molecule has 0 aliphatic heterocycles. The zero-order valence-electron chi connectivity index (χ0n) is 32.1. The smallest absolute Gasteiger partial charge is 0.193 e. The predicted molar refractivity (Wildman–Crippen MR) is 201 cm³/mol. The molecule has 2 rings (SSSR count). The summed E-state index contributed by atoms with van der Waals surface area (Å²) in [7, 11) is 0. The average Bonchev–Trinajstić information content (AvgIpc) is 3.03. The summed E-state index contributed by atoms with van der Waals surface area (Å²) in [5.74, 6) is 2.38. The highest BCUT2D eigenvalue weighted by Crippen LogP contribution is 2.47. The Morgan fingerprint density at radius 3 is 1.35 bits per heavy atom. The molecule has 0 N–H and O–H groups in total. The van der Waals surface area contributed by atoms with Crippen LogP contribution in [0.15, 0.2) is 30.3 Å². The summed E-state index contributed by atoms with van der Waals surface area (Å²) in [5.41, 5.74) is 2.38. The van der Waals surface area contributed by atoms with Crippen molar-refractivity contribution in [2.24, 2.45) is 0 Å². The van der Waals surface area contributed by atoms with Crippen LogP contribution in [0.2, 0.25) is 0 Å². The Bertz CT molecular complexity index is 1220. The minimum absolute atomic E-state index is 0.0641. The molecule has 0 saturated heterocycles. The van der Waals surface area contributed by atoms with Gasteiger partial charge in [0.05, 0.1) is 30.5 Å². The molecule has 2 aromatic carbocycles. The summed E-state index contributed by atoms with van der Waals surface area (Å²) >= 11 is 0. The first-order chi connectivity index (χ1) is 23.0. The van der Waals surface area contributed by atoms with Gasteiger partial charge < -0.3 is 23.7 Å². The number of carbonyl (C=O) groups excluding carboxylic acids is 1. The topological polar surface area (TPSA) is 63.2 Å². The zero-order chi connectivity index (χ0) is 35.6. The fraction of sp³-hybridized carbons (Fsp3) is 0.643. The summed E-state index contributed by atoms with van der Waals surface area (Å²) in [6.07, 6.45) is 13.2. The standard InChI is InChI=1S/C42H66O6/c1-12-18-29(7)44-37-26-23-34(17-6)27-35(37)24-25-36(43)40-41(47-32(10)21-15-4)38(45-30(8)19-13-2)28-39(46-31(9)20-14-3)42(40)48-33(11)22-16-5/h23-33H,12-22H2,1-11H3. The summed E-state index contributed by atoms with van der Waals surface area (Å²) in [6, 6.07) is 8.09. The van der Waals surface area contributed by atoms with Gasteiger partial charge in [0, 0.05) is 11.6 Å². The van der Waals surface area contributed by atoms with Gasteiger partial charge in [0.25, 0.3) is 0 Å². The van der Waals surface area contributed by atoms with E-state index in [0.717, 1.165) is 81.9 Å². The van der Waals surface area contributed by atoms with Crippen molar-refractivity contribution in [3.05, 3.63) is 47.0 Å². The molecule has 0 heterocycles. The van der Waals surface area contributed by atoms with Crippen LogP contribution in [0.1, 0.15) is 162 Å². The van der Waals surface area contributed by atoms with Crippen molar-refractivity contribution < 1.29 is 28.5 Å². The molecule has 48 heavy (non-hydrogen) atoms. The minimum Gasteiger partial charge on any atom is -0.490 e. The Balaban J connectivity index is 2.88. The molecule has 5 atom stereocenters. The molecule has 0 aliphatic carbocycles. The molecule has 0 aromatic heterocycles. The summed E-state index contributed by atoms with van der Waals surface area (Å²) < 4.78 is 32.8. The molecule has 2 aromatic rings. The van der Waals surface area contributed by atoms with E-state index in [1.165, 1.54) is 5.56 Å². The normalized spacial score (nSPS) is 14.6. The minimum atomic E-state index is -0.233. The fourth-order valence-electron chi connectivity index (χ4n) is 5.92. The van der Waals surface area contributed by atoms with E-state index in [0.29, 0.717) is 28.6 Å². The number of hydrogen-bond acceptors (Lipinski definition) is 6. The Hall–Kier alpha value is -3.15. The Labute approximate surface area is 292 Å². The van der Waals surface area contributed by atoms with E-state index in [2.05, 4.69) is 74.4 Å². The highest BCUT2D eigenvalue weighted by Gasteiger charge is 2.30. The molecule has 0 saturated carbocycles. The van der Waals surface area contributed by atoms with Gasteiger partial charge in [-0.05, 0) is 103 Å². The Kier molecular flexibility index (Phi) is 18.6. The summed E-state index contributed by atoms with van der Waals surface area (Å²) in [4.78, 5) is 14.7. The second kappa shape index (κ2) is 21.7. The van der Waals surface area contributed by atoms with Gasteiger partial charge in [-0.2, -0.15) is 0 Å². The van der Waals surface area contributed by atoms with Gasteiger partial charge in [0.15, 0.2) is 28.8 Å². The first kappa shape index (κ1) is 41.0. The maximum absolute atomic E-state index is 14.7. The van der Waals surface area contributed by atoms with Gasteiger partial charge in [0.2, 0.25) is 0 Å². The van der Waals surface area contributed by atoms with Crippen molar-refractivity contribution in [2.75, 3.05) is 0 Å².